The van der Waals surface area contributed by atoms with Gasteiger partial charge in [-0.2, -0.15) is 0 Å². The molecule has 0 aliphatic heterocycles. The van der Waals surface area contributed by atoms with Gasteiger partial charge in [0.1, 0.15) is 0 Å². The van der Waals surface area contributed by atoms with Crippen molar-refractivity contribution in [3.63, 3.8) is 0 Å². The monoisotopic (exact) mass is 118 g/mol. The smallest absolute Gasteiger partial charge is 0.000671 e. The highest BCUT2D eigenvalue weighted by atomic mass is 32.3. The molecule has 1 unspecified atom stereocenters. The second-order valence-corrected chi connectivity index (χ2v) is 3.91. The van der Waals surface area contributed by atoms with Crippen LogP contribution in [0.2, 0.25) is 0 Å². The minimum Gasteiger partial charge on any atom is -0.274 e. The predicted molar refractivity (Wildman–Crippen MR) is 35.6 cm³/mol. The number of hydrogen-bond donors (Lipinski definition) is 2. The normalized spacial score (nSPS) is 22.0. The standard InChI is InChI=1S/C4H10N2S/c1-4-7(3,5)6-2/h1,6H,5H2,2-3H3. The SMILES string of the molecule is C#CS(C)(N)NC. The van der Waals surface area contributed by atoms with E-state index in [4.69, 9.17) is 11.6 Å². The average molecular weight is 118 g/mol. The Hall–Kier alpha value is -0.170. The Morgan fingerprint density at radius 3 is 2.29 bits per heavy atom. The first-order valence-corrected chi connectivity index (χ1v) is 3.95. The highest BCUT2D eigenvalue weighted by Crippen LogP contribution is 2.24. The van der Waals surface area contributed by atoms with Crippen LogP contribution in [0.15, 0.2) is 0 Å². The van der Waals surface area contributed by atoms with Crippen molar-refractivity contribution in [1.82, 2.24) is 4.72 Å². The van der Waals surface area contributed by atoms with Gasteiger partial charge in [-0.25, -0.2) is 0 Å². The third kappa shape index (κ3) is 2.52. The summed E-state index contributed by atoms with van der Waals surface area (Å²) < 4.78 is 2.82. The van der Waals surface area contributed by atoms with E-state index in [1.807, 2.05) is 6.26 Å². The molecule has 0 aliphatic carbocycles. The summed E-state index contributed by atoms with van der Waals surface area (Å²) >= 11 is 0. The molecule has 0 radical (unpaired) electrons. The molecule has 0 bridgehead atoms. The number of nitrogens with two attached hydrogens (primary N) is 1. The Labute approximate surface area is 46.1 Å². The molecule has 0 heterocycles. The van der Waals surface area contributed by atoms with E-state index in [2.05, 4.69) is 9.97 Å². The number of terminal acetylenes is 1. The fraction of sp³-hybridized carbons (Fsp3) is 0.500. The summed E-state index contributed by atoms with van der Waals surface area (Å²) in [5.74, 6) is 0. The van der Waals surface area contributed by atoms with E-state index in [-0.39, 0.29) is 0 Å². The largest absolute Gasteiger partial charge is 0.274 e. The summed E-state index contributed by atoms with van der Waals surface area (Å²) in [6, 6.07) is 0. The van der Waals surface area contributed by atoms with Gasteiger partial charge in [-0.05, 0) is 12.3 Å². The lowest BCUT2D eigenvalue weighted by atomic mass is 11.4. The molecular formula is C4H10N2S. The molecule has 0 amide bonds. The van der Waals surface area contributed by atoms with E-state index in [1.54, 1.807) is 7.05 Å². The molecule has 0 rings (SSSR count). The third-order valence-electron chi connectivity index (χ3n) is 0.669. The van der Waals surface area contributed by atoms with Gasteiger partial charge in [0.15, 0.2) is 0 Å². The van der Waals surface area contributed by atoms with E-state index in [1.165, 1.54) is 0 Å². The molecule has 1 atom stereocenters. The van der Waals surface area contributed by atoms with Crippen molar-refractivity contribution in [2.24, 2.45) is 5.14 Å². The first-order valence-electron chi connectivity index (χ1n) is 1.84. The maximum Gasteiger partial charge on any atom is 0.000671 e. The summed E-state index contributed by atoms with van der Waals surface area (Å²) in [6.45, 7) is 0. The van der Waals surface area contributed by atoms with Gasteiger partial charge in [0.25, 0.3) is 0 Å². The maximum atomic E-state index is 5.45. The van der Waals surface area contributed by atoms with Gasteiger partial charge >= 0.3 is 0 Å². The zero-order valence-electron chi connectivity index (χ0n) is 4.56. The average Bonchev–Trinajstić information content (AvgIpc) is 1.68. The van der Waals surface area contributed by atoms with E-state index < -0.39 is 10.4 Å². The van der Waals surface area contributed by atoms with Gasteiger partial charge in [-0.1, -0.05) is 10.4 Å². The first-order chi connectivity index (χ1) is 3.12. The van der Waals surface area contributed by atoms with Crippen molar-refractivity contribution in [3.05, 3.63) is 0 Å². The minimum absolute atomic E-state index is 1.38. The molecule has 0 saturated heterocycles. The van der Waals surface area contributed by atoms with Crippen molar-refractivity contribution in [2.75, 3.05) is 13.3 Å². The van der Waals surface area contributed by atoms with Gasteiger partial charge in [0, 0.05) is 6.26 Å². The van der Waals surface area contributed by atoms with Crippen LogP contribution < -0.4 is 9.86 Å². The summed E-state index contributed by atoms with van der Waals surface area (Å²) in [6.07, 6.45) is 6.83. The molecule has 3 heteroatoms. The van der Waals surface area contributed by atoms with Crippen LogP contribution in [0.3, 0.4) is 0 Å². The number of hydrogen-bond acceptors (Lipinski definition) is 2. The van der Waals surface area contributed by atoms with E-state index in [9.17, 15) is 0 Å². The molecule has 0 spiro atoms. The van der Waals surface area contributed by atoms with Gasteiger partial charge in [0.05, 0.1) is 0 Å². The third-order valence-corrected chi connectivity index (χ3v) is 2.01. The van der Waals surface area contributed by atoms with Crippen molar-refractivity contribution in [3.8, 4) is 11.7 Å². The topological polar surface area (TPSA) is 38.0 Å². The van der Waals surface area contributed by atoms with Crippen LogP contribution in [-0.2, 0) is 0 Å². The summed E-state index contributed by atoms with van der Waals surface area (Å²) in [7, 11) is 0.379. The van der Waals surface area contributed by atoms with Gasteiger partial charge in [0.2, 0.25) is 0 Å². The fourth-order valence-corrected chi connectivity index (χ4v) is 0.177. The van der Waals surface area contributed by atoms with Gasteiger partial charge in [-0.15, -0.1) is 6.42 Å². The molecule has 0 saturated carbocycles. The molecule has 0 aliphatic rings. The molecule has 0 aromatic rings. The Kier molecular flexibility index (Phi) is 2.16. The number of rotatable bonds is 1. The Bertz CT molecular complexity index is 92.4. The quantitative estimate of drug-likeness (QED) is 0.476. The first kappa shape index (κ1) is 6.83. The van der Waals surface area contributed by atoms with E-state index in [0.29, 0.717) is 0 Å². The molecule has 7 heavy (non-hydrogen) atoms. The van der Waals surface area contributed by atoms with Crippen LogP contribution in [0.1, 0.15) is 0 Å². The summed E-state index contributed by atoms with van der Waals surface area (Å²) in [5.41, 5.74) is 0. The summed E-state index contributed by atoms with van der Waals surface area (Å²) in [4.78, 5) is 0. The Balaban J connectivity index is 3.66. The van der Waals surface area contributed by atoms with Crippen LogP contribution in [0.5, 0.6) is 0 Å². The van der Waals surface area contributed by atoms with Crippen molar-refractivity contribution in [2.45, 2.75) is 0 Å². The lowest BCUT2D eigenvalue weighted by molar-refractivity contribution is 1.27. The van der Waals surface area contributed by atoms with Gasteiger partial charge < -0.3 is 0 Å². The van der Waals surface area contributed by atoms with Crippen LogP contribution >= 0.6 is 10.4 Å². The van der Waals surface area contributed by atoms with Crippen LogP contribution in [0, 0.1) is 11.7 Å². The molecule has 42 valence electrons. The van der Waals surface area contributed by atoms with Crippen molar-refractivity contribution < 1.29 is 0 Å². The van der Waals surface area contributed by atoms with Gasteiger partial charge in [-0.3, -0.25) is 9.86 Å². The molecule has 0 aromatic carbocycles. The van der Waals surface area contributed by atoms with Crippen LogP contribution in [0.4, 0.5) is 0 Å². The van der Waals surface area contributed by atoms with E-state index >= 15 is 0 Å². The number of nitrogens with one attached hydrogen (secondary N) is 1. The Morgan fingerprint density at radius 1 is 1.86 bits per heavy atom. The highest BCUT2D eigenvalue weighted by Gasteiger charge is 1.99. The minimum atomic E-state index is -1.38. The lowest BCUT2D eigenvalue weighted by Gasteiger charge is -2.21. The second-order valence-electron chi connectivity index (χ2n) is 1.30. The molecule has 0 aromatic heterocycles. The maximum absolute atomic E-state index is 5.45. The van der Waals surface area contributed by atoms with Crippen molar-refractivity contribution in [1.29, 1.82) is 0 Å². The van der Waals surface area contributed by atoms with Crippen LogP contribution in [-0.4, -0.2) is 13.3 Å². The lowest BCUT2D eigenvalue weighted by Crippen LogP contribution is -2.20. The van der Waals surface area contributed by atoms with Crippen LogP contribution in [0.25, 0.3) is 0 Å². The molecule has 3 N–H and O–H groups in total. The highest BCUT2D eigenvalue weighted by molar-refractivity contribution is 8.33. The van der Waals surface area contributed by atoms with E-state index in [0.717, 1.165) is 0 Å². The predicted octanol–water partition coefficient (Wildman–Crippen LogP) is 0.0196. The summed E-state index contributed by atoms with van der Waals surface area (Å²) in [5, 5.41) is 7.89. The Morgan fingerprint density at radius 2 is 2.29 bits per heavy atom. The zero-order valence-corrected chi connectivity index (χ0v) is 5.38. The fourth-order valence-electron chi connectivity index (χ4n) is 0.0589. The molecular weight excluding hydrogens is 108 g/mol. The van der Waals surface area contributed by atoms with Crippen molar-refractivity contribution >= 4 is 10.4 Å². The second kappa shape index (κ2) is 2.22. The molecule has 2 nitrogen and oxygen atoms in total. The molecule has 0 fully saturated rings. The zero-order chi connectivity index (χ0) is 5.91.